The zero-order valence-electron chi connectivity index (χ0n) is 15.0. The van der Waals surface area contributed by atoms with Gasteiger partial charge in [0.15, 0.2) is 0 Å². The van der Waals surface area contributed by atoms with Gasteiger partial charge in [-0.05, 0) is 55.5 Å². The highest BCUT2D eigenvalue weighted by molar-refractivity contribution is 7.89. The summed E-state index contributed by atoms with van der Waals surface area (Å²) in [5.74, 6) is -0.224. The fourth-order valence-corrected chi connectivity index (χ4v) is 5.08. The number of hydrogen-bond donors (Lipinski definition) is 1. The van der Waals surface area contributed by atoms with Crippen LogP contribution in [0.25, 0.3) is 0 Å². The van der Waals surface area contributed by atoms with E-state index in [2.05, 4.69) is 17.4 Å². The number of aryl methyl sites for hydroxylation is 1. The van der Waals surface area contributed by atoms with E-state index in [1.54, 1.807) is 12.1 Å². The van der Waals surface area contributed by atoms with E-state index in [0.717, 1.165) is 12.8 Å². The molecule has 0 saturated carbocycles. The molecule has 1 heterocycles. The van der Waals surface area contributed by atoms with Crippen LogP contribution in [0.4, 0.5) is 0 Å². The second kappa shape index (κ2) is 8.87. The minimum absolute atomic E-state index is 0.163. The van der Waals surface area contributed by atoms with Crippen LogP contribution in [-0.4, -0.2) is 37.8 Å². The van der Waals surface area contributed by atoms with Crippen molar-refractivity contribution < 1.29 is 13.2 Å². The maximum atomic E-state index is 12.9. The first-order valence-corrected chi connectivity index (χ1v) is 10.9. The number of amides is 1. The SMILES string of the molecule is O=C(NCCCc1ccccc1)C1CCCN1S(=O)(=O)c1ccc(Cl)cc1. The molecule has 3 rings (SSSR count). The van der Waals surface area contributed by atoms with Crippen LogP contribution in [0.1, 0.15) is 24.8 Å². The summed E-state index contributed by atoms with van der Waals surface area (Å²) in [7, 11) is -3.71. The summed E-state index contributed by atoms with van der Waals surface area (Å²) >= 11 is 5.84. The molecule has 1 atom stereocenters. The highest BCUT2D eigenvalue weighted by Crippen LogP contribution is 2.27. The van der Waals surface area contributed by atoms with Crippen molar-refractivity contribution in [2.45, 2.75) is 36.6 Å². The van der Waals surface area contributed by atoms with Gasteiger partial charge in [0.1, 0.15) is 6.04 Å². The molecule has 0 bridgehead atoms. The maximum Gasteiger partial charge on any atom is 0.243 e. The van der Waals surface area contributed by atoms with E-state index < -0.39 is 16.1 Å². The van der Waals surface area contributed by atoms with Gasteiger partial charge < -0.3 is 5.32 Å². The topological polar surface area (TPSA) is 66.5 Å². The summed E-state index contributed by atoms with van der Waals surface area (Å²) < 4.78 is 27.1. The highest BCUT2D eigenvalue weighted by atomic mass is 35.5. The van der Waals surface area contributed by atoms with Crippen molar-refractivity contribution in [1.82, 2.24) is 9.62 Å². The molecule has 2 aromatic rings. The third-order valence-electron chi connectivity index (χ3n) is 4.71. The Morgan fingerprint density at radius 2 is 1.81 bits per heavy atom. The zero-order chi connectivity index (χ0) is 19.3. The molecular weight excluding hydrogens is 384 g/mol. The molecule has 0 radical (unpaired) electrons. The minimum Gasteiger partial charge on any atom is -0.355 e. The molecule has 1 saturated heterocycles. The van der Waals surface area contributed by atoms with Crippen molar-refractivity contribution in [3.05, 3.63) is 65.2 Å². The smallest absolute Gasteiger partial charge is 0.243 e. The molecule has 2 aromatic carbocycles. The number of halogens is 1. The Labute approximate surface area is 165 Å². The molecule has 1 N–H and O–H groups in total. The number of nitrogens with one attached hydrogen (secondary N) is 1. The summed E-state index contributed by atoms with van der Waals surface area (Å²) in [5, 5.41) is 3.37. The third kappa shape index (κ3) is 4.89. The van der Waals surface area contributed by atoms with Crippen molar-refractivity contribution in [3.8, 4) is 0 Å². The number of carbonyl (C=O) groups excluding carboxylic acids is 1. The Bertz CT molecular complexity index is 870. The molecule has 1 unspecified atom stereocenters. The molecule has 0 aromatic heterocycles. The molecule has 27 heavy (non-hydrogen) atoms. The van der Waals surface area contributed by atoms with E-state index >= 15 is 0 Å². The lowest BCUT2D eigenvalue weighted by atomic mass is 10.1. The monoisotopic (exact) mass is 406 g/mol. The summed E-state index contributed by atoms with van der Waals surface area (Å²) in [6.07, 6.45) is 2.90. The van der Waals surface area contributed by atoms with Crippen molar-refractivity contribution in [1.29, 1.82) is 0 Å². The van der Waals surface area contributed by atoms with Gasteiger partial charge in [-0.3, -0.25) is 4.79 Å². The van der Waals surface area contributed by atoms with Crippen LogP contribution >= 0.6 is 11.6 Å². The summed E-state index contributed by atoms with van der Waals surface area (Å²) in [5.41, 5.74) is 1.22. The standard InChI is InChI=1S/C20H23ClN2O3S/c21-17-10-12-18(13-11-17)27(25,26)23-15-5-9-19(23)20(24)22-14-4-8-16-6-2-1-3-7-16/h1-3,6-7,10-13,19H,4-5,8-9,14-15H2,(H,22,24). The molecule has 1 amide bonds. The number of benzene rings is 2. The van der Waals surface area contributed by atoms with E-state index in [1.807, 2.05) is 18.2 Å². The van der Waals surface area contributed by atoms with E-state index in [0.29, 0.717) is 31.0 Å². The van der Waals surface area contributed by atoms with Gasteiger partial charge in [0.25, 0.3) is 0 Å². The zero-order valence-corrected chi connectivity index (χ0v) is 16.5. The van der Waals surface area contributed by atoms with Gasteiger partial charge in [-0.25, -0.2) is 8.42 Å². The Balaban J connectivity index is 1.58. The van der Waals surface area contributed by atoms with Crippen LogP contribution in [0.2, 0.25) is 5.02 Å². The molecule has 144 valence electrons. The number of hydrogen-bond acceptors (Lipinski definition) is 3. The second-order valence-electron chi connectivity index (χ2n) is 6.61. The summed E-state index contributed by atoms with van der Waals surface area (Å²) in [6, 6.07) is 15.5. The Morgan fingerprint density at radius 1 is 1.11 bits per heavy atom. The third-order valence-corrected chi connectivity index (χ3v) is 6.89. The normalized spacial score (nSPS) is 17.7. The van der Waals surface area contributed by atoms with Gasteiger partial charge in [0, 0.05) is 18.1 Å². The molecular formula is C20H23ClN2O3S. The molecule has 5 nitrogen and oxygen atoms in total. The largest absolute Gasteiger partial charge is 0.355 e. The molecule has 1 aliphatic rings. The maximum absolute atomic E-state index is 12.9. The first-order valence-electron chi connectivity index (χ1n) is 9.07. The Morgan fingerprint density at radius 3 is 2.52 bits per heavy atom. The lowest BCUT2D eigenvalue weighted by molar-refractivity contribution is -0.124. The van der Waals surface area contributed by atoms with Crippen LogP contribution < -0.4 is 5.32 Å². The van der Waals surface area contributed by atoms with Crippen molar-refractivity contribution in [3.63, 3.8) is 0 Å². The minimum atomic E-state index is -3.71. The van der Waals surface area contributed by atoms with Gasteiger partial charge in [-0.2, -0.15) is 4.31 Å². The van der Waals surface area contributed by atoms with Crippen LogP contribution in [-0.2, 0) is 21.2 Å². The van der Waals surface area contributed by atoms with Crippen LogP contribution in [0, 0.1) is 0 Å². The molecule has 1 fully saturated rings. The van der Waals surface area contributed by atoms with Crippen molar-refractivity contribution in [2.75, 3.05) is 13.1 Å². The van der Waals surface area contributed by atoms with Gasteiger partial charge >= 0.3 is 0 Å². The number of nitrogens with zero attached hydrogens (tertiary/aromatic N) is 1. The number of rotatable bonds is 7. The predicted octanol–water partition coefficient (Wildman–Crippen LogP) is 3.24. The molecule has 7 heteroatoms. The summed E-state index contributed by atoms with van der Waals surface area (Å²) in [4.78, 5) is 12.7. The molecule has 1 aliphatic heterocycles. The van der Waals surface area contributed by atoms with Gasteiger partial charge in [0.2, 0.25) is 15.9 Å². The van der Waals surface area contributed by atoms with Crippen LogP contribution in [0.3, 0.4) is 0 Å². The Kier molecular flexibility index (Phi) is 6.52. The number of carbonyl (C=O) groups is 1. The lowest BCUT2D eigenvalue weighted by Crippen LogP contribution is -2.46. The average molecular weight is 407 g/mol. The fraction of sp³-hybridized carbons (Fsp3) is 0.350. The van der Waals surface area contributed by atoms with Gasteiger partial charge in [0.05, 0.1) is 4.90 Å². The molecule has 0 spiro atoms. The van der Waals surface area contributed by atoms with E-state index in [-0.39, 0.29) is 10.8 Å². The lowest BCUT2D eigenvalue weighted by Gasteiger charge is -2.23. The Hall–Kier alpha value is -1.89. The first kappa shape index (κ1) is 19.9. The van der Waals surface area contributed by atoms with Crippen LogP contribution in [0.5, 0.6) is 0 Å². The summed E-state index contributed by atoms with van der Waals surface area (Å²) in [6.45, 7) is 0.881. The molecule has 0 aliphatic carbocycles. The fourth-order valence-electron chi connectivity index (χ4n) is 3.30. The van der Waals surface area contributed by atoms with E-state index in [1.165, 1.54) is 22.0 Å². The quantitative estimate of drug-likeness (QED) is 0.718. The predicted molar refractivity (Wildman–Crippen MR) is 106 cm³/mol. The van der Waals surface area contributed by atoms with Gasteiger partial charge in [-0.1, -0.05) is 41.9 Å². The highest BCUT2D eigenvalue weighted by Gasteiger charge is 2.39. The average Bonchev–Trinajstić information content (AvgIpc) is 3.17. The van der Waals surface area contributed by atoms with Crippen LogP contribution in [0.15, 0.2) is 59.5 Å². The van der Waals surface area contributed by atoms with Crippen molar-refractivity contribution in [2.24, 2.45) is 0 Å². The number of sulfonamides is 1. The second-order valence-corrected chi connectivity index (χ2v) is 8.93. The van der Waals surface area contributed by atoms with E-state index in [9.17, 15) is 13.2 Å². The van der Waals surface area contributed by atoms with Gasteiger partial charge in [-0.15, -0.1) is 0 Å². The first-order chi connectivity index (χ1) is 13.0. The van der Waals surface area contributed by atoms with Crippen molar-refractivity contribution >= 4 is 27.5 Å². The van der Waals surface area contributed by atoms with E-state index in [4.69, 9.17) is 11.6 Å².